The second-order valence-electron chi connectivity index (χ2n) is 5.70. The molecule has 0 bridgehead atoms. The van der Waals surface area contributed by atoms with Crippen molar-refractivity contribution in [3.63, 3.8) is 0 Å². The summed E-state index contributed by atoms with van der Waals surface area (Å²) in [7, 11) is 3.62. The Balaban J connectivity index is 2.70. The van der Waals surface area contributed by atoms with Crippen molar-refractivity contribution in [1.82, 2.24) is 5.01 Å². The van der Waals surface area contributed by atoms with Crippen LogP contribution in [0.5, 0.6) is 0 Å². The molecule has 1 aromatic rings. The van der Waals surface area contributed by atoms with Crippen molar-refractivity contribution in [2.45, 2.75) is 51.9 Å². The van der Waals surface area contributed by atoms with E-state index in [4.69, 9.17) is 5.11 Å². The Morgan fingerprint density at radius 2 is 1.82 bits per heavy atom. The molecule has 0 aliphatic heterocycles. The van der Waals surface area contributed by atoms with E-state index in [1.165, 1.54) is 32.1 Å². The summed E-state index contributed by atoms with van der Waals surface area (Å²) in [4.78, 5) is 11.1. The predicted molar refractivity (Wildman–Crippen MR) is 88.7 cm³/mol. The van der Waals surface area contributed by atoms with Crippen LogP contribution in [0.1, 0.15) is 61.4 Å². The Kier molecular flexibility index (Phi) is 8.18. The number of unbranched alkanes of at least 4 members (excludes halogenated alkanes) is 5. The van der Waals surface area contributed by atoms with E-state index in [-0.39, 0.29) is 0 Å². The number of rotatable bonds is 10. The number of hydrogen-bond acceptors (Lipinski definition) is 3. The van der Waals surface area contributed by atoms with Gasteiger partial charge in [0.05, 0.1) is 11.3 Å². The zero-order chi connectivity index (χ0) is 16.4. The third-order valence-corrected chi connectivity index (χ3v) is 3.46. The van der Waals surface area contributed by atoms with Crippen molar-refractivity contribution in [2.24, 2.45) is 10.3 Å². The van der Waals surface area contributed by atoms with Crippen LogP contribution >= 0.6 is 0 Å². The van der Waals surface area contributed by atoms with Crippen LogP contribution in [-0.4, -0.2) is 30.2 Å². The molecule has 0 saturated carbocycles. The first-order chi connectivity index (χ1) is 10.5. The largest absolute Gasteiger partial charge is 0.478 e. The first-order valence-electron chi connectivity index (χ1n) is 7.99. The standard InChI is InChI=1S/C17H27N3O2/c1-4-5-6-7-8-9-10-14-13-15(17(21)22)11-12-16(14)18-19-20(2)3/h11-13H,4-10H2,1-3H3,(H,21,22). The Labute approximate surface area is 133 Å². The lowest BCUT2D eigenvalue weighted by Crippen LogP contribution is -2.00. The van der Waals surface area contributed by atoms with Crippen LogP contribution in [0.25, 0.3) is 0 Å². The molecule has 0 amide bonds. The van der Waals surface area contributed by atoms with Crippen LogP contribution in [0.2, 0.25) is 0 Å². The van der Waals surface area contributed by atoms with Crippen molar-refractivity contribution >= 4 is 11.7 Å². The average Bonchev–Trinajstić information content (AvgIpc) is 2.49. The second kappa shape index (κ2) is 9.92. The third kappa shape index (κ3) is 6.70. The molecule has 0 spiro atoms. The van der Waals surface area contributed by atoms with Gasteiger partial charge in [-0.15, -0.1) is 5.11 Å². The Bertz CT molecular complexity index is 499. The fourth-order valence-electron chi connectivity index (χ4n) is 2.25. The lowest BCUT2D eigenvalue weighted by Gasteiger charge is -2.08. The van der Waals surface area contributed by atoms with Crippen LogP contribution in [0.3, 0.4) is 0 Å². The van der Waals surface area contributed by atoms with E-state index in [0.29, 0.717) is 5.56 Å². The van der Waals surface area contributed by atoms with Gasteiger partial charge in [0.15, 0.2) is 0 Å². The highest BCUT2D eigenvalue weighted by molar-refractivity contribution is 5.88. The third-order valence-electron chi connectivity index (χ3n) is 3.46. The maximum Gasteiger partial charge on any atom is 0.335 e. The number of carboxylic acid groups (broad SMARTS) is 1. The predicted octanol–water partition coefficient (Wildman–Crippen LogP) is 4.85. The van der Waals surface area contributed by atoms with Crippen molar-refractivity contribution < 1.29 is 9.90 Å². The molecular weight excluding hydrogens is 278 g/mol. The fourth-order valence-corrected chi connectivity index (χ4v) is 2.25. The summed E-state index contributed by atoms with van der Waals surface area (Å²) >= 11 is 0. The minimum absolute atomic E-state index is 0.310. The van der Waals surface area contributed by atoms with Crippen molar-refractivity contribution in [3.8, 4) is 0 Å². The normalized spacial score (nSPS) is 11.0. The van der Waals surface area contributed by atoms with Gasteiger partial charge < -0.3 is 5.11 Å². The molecule has 5 heteroatoms. The van der Waals surface area contributed by atoms with Gasteiger partial charge in [-0.05, 0) is 36.6 Å². The number of aryl methyl sites for hydroxylation is 1. The van der Waals surface area contributed by atoms with Crippen molar-refractivity contribution in [3.05, 3.63) is 29.3 Å². The molecule has 1 aromatic carbocycles. The summed E-state index contributed by atoms with van der Waals surface area (Å²) in [5.41, 5.74) is 2.03. The van der Waals surface area contributed by atoms with Gasteiger partial charge in [-0.1, -0.05) is 44.3 Å². The first-order valence-corrected chi connectivity index (χ1v) is 7.99. The topological polar surface area (TPSA) is 65.3 Å². The van der Waals surface area contributed by atoms with Gasteiger partial charge >= 0.3 is 5.97 Å². The monoisotopic (exact) mass is 305 g/mol. The van der Waals surface area contributed by atoms with E-state index in [1.807, 2.05) is 14.1 Å². The highest BCUT2D eigenvalue weighted by atomic mass is 16.4. The number of carbonyl (C=O) groups is 1. The van der Waals surface area contributed by atoms with Gasteiger partial charge in [0.25, 0.3) is 0 Å². The zero-order valence-electron chi connectivity index (χ0n) is 13.9. The van der Waals surface area contributed by atoms with Crippen LogP contribution in [-0.2, 0) is 6.42 Å². The number of hydrogen-bond donors (Lipinski definition) is 1. The molecule has 0 radical (unpaired) electrons. The molecule has 5 nitrogen and oxygen atoms in total. The number of benzene rings is 1. The van der Waals surface area contributed by atoms with Gasteiger partial charge in [0, 0.05) is 14.1 Å². The Morgan fingerprint density at radius 3 is 2.45 bits per heavy atom. The van der Waals surface area contributed by atoms with E-state index in [9.17, 15) is 4.79 Å². The number of carboxylic acids is 1. The Morgan fingerprint density at radius 1 is 1.14 bits per heavy atom. The lowest BCUT2D eigenvalue weighted by molar-refractivity contribution is 0.0697. The van der Waals surface area contributed by atoms with Crippen molar-refractivity contribution in [1.29, 1.82) is 0 Å². The van der Waals surface area contributed by atoms with Crippen LogP contribution in [0.4, 0.5) is 5.69 Å². The molecule has 1 N–H and O–H groups in total. The number of nitrogens with zero attached hydrogens (tertiary/aromatic N) is 3. The SMILES string of the molecule is CCCCCCCCc1cc(C(=O)O)ccc1N=NN(C)C. The number of aromatic carboxylic acids is 1. The highest BCUT2D eigenvalue weighted by Gasteiger charge is 2.08. The lowest BCUT2D eigenvalue weighted by atomic mass is 10.0. The summed E-state index contributed by atoms with van der Waals surface area (Å²) < 4.78 is 0. The van der Waals surface area contributed by atoms with E-state index in [1.54, 1.807) is 23.2 Å². The summed E-state index contributed by atoms with van der Waals surface area (Å²) in [5, 5.41) is 19.0. The molecule has 0 aromatic heterocycles. The summed E-state index contributed by atoms with van der Waals surface area (Å²) in [5.74, 6) is -0.903. The highest BCUT2D eigenvalue weighted by Crippen LogP contribution is 2.24. The maximum absolute atomic E-state index is 11.1. The minimum Gasteiger partial charge on any atom is -0.478 e. The molecule has 1 rings (SSSR count). The van der Waals surface area contributed by atoms with Gasteiger partial charge in [-0.3, -0.25) is 5.01 Å². The van der Waals surface area contributed by atoms with Gasteiger partial charge in [-0.2, -0.15) is 0 Å². The van der Waals surface area contributed by atoms with Gasteiger partial charge in [0.1, 0.15) is 0 Å². The summed E-state index contributed by atoms with van der Waals surface area (Å²) in [6.07, 6.45) is 8.11. The Hall–Kier alpha value is -1.91. The molecule has 0 atom stereocenters. The first kappa shape index (κ1) is 18.1. The van der Waals surface area contributed by atoms with E-state index >= 15 is 0 Å². The van der Waals surface area contributed by atoms with E-state index in [0.717, 1.165) is 24.1 Å². The fraction of sp³-hybridized carbons (Fsp3) is 0.588. The van der Waals surface area contributed by atoms with Gasteiger partial charge in [0.2, 0.25) is 0 Å². The molecule has 122 valence electrons. The summed E-state index contributed by atoms with van der Waals surface area (Å²) in [6.45, 7) is 2.21. The molecule has 22 heavy (non-hydrogen) atoms. The molecule has 0 fully saturated rings. The minimum atomic E-state index is -0.903. The molecule has 0 saturated heterocycles. The van der Waals surface area contributed by atoms with Crippen molar-refractivity contribution in [2.75, 3.05) is 14.1 Å². The molecule has 0 heterocycles. The smallest absolute Gasteiger partial charge is 0.335 e. The molecule has 0 unspecified atom stereocenters. The van der Waals surface area contributed by atoms with Crippen LogP contribution in [0, 0.1) is 0 Å². The molecular formula is C17H27N3O2. The quantitative estimate of drug-likeness (QED) is 0.382. The summed E-state index contributed by atoms with van der Waals surface area (Å²) in [6, 6.07) is 5.04. The average molecular weight is 305 g/mol. The van der Waals surface area contributed by atoms with Gasteiger partial charge in [-0.25, -0.2) is 4.79 Å². The molecule has 0 aliphatic carbocycles. The zero-order valence-corrected chi connectivity index (χ0v) is 13.9. The maximum atomic E-state index is 11.1. The van der Waals surface area contributed by atoms with E-state index in [2.05, 4.69) is 17.3 Å². The van der Waals surface area contributed by atoms with Crippen LogP contribution < -0.4 is 0 Å². The van der Waals surface area contributed by atoms with Crippen LogP contribution in [0.15, 0.2) is 28.5 Å². The molecule has 0 aliphatic rings. The van der Waals surface area contributed by atoms with E-state index < -0.39 is 5.97 Å². The second-order valence-corrected chi connectivity index (χ2v) is 5.70.